The average molecular weight is 315 g/mol. The number of rotatable bonds is 6. The molecule has 5 nitrogen and oxygen atoms in total. The van der Waals surface area contributed by atoms with Gasteiger partial charge in [0.25, 0.3) is 0 Å². The quantitative estimate of drug-likeness (QED) is 0.791. The molecule has 0 radical (unpaired) electrons. The first-order valence-electron chi connectivity index (χ1n) is 8.10. The molecule has 124 valence electrons. The maximum Gasteiger partial charge on any atom is 0.319 e. The van der Waals surface area contributed by atoms with E-state index in [0.717, 1.165) is 36.3 Å². The van der Waals surface area contributed by atoms with Gasteiger partial charge >= 0.3 is 6.03 Å². The Kier molecular flexibility index (Phi) is 5.79. The molecule has 5 heteroatoms. The second kappa shape index (κ2) is 7.81. The van der Waals surface area contributed by atoms with Crippen molar-refractivity contribution in [2.75, 3.05) is 23.3 Å². The predicted molar refractivity (Wildman–Crippen MR) is 93.8 cm³/mol. The molecule has 1 aliphatic rings. The lowest BCUT2D eigenvalue weighted by Gasteiger charge is -2.30. The molecule has 0 unspecified atom stereocenters. The largest absolute Gasteiger partial charge is 0.334 e. The number of benzene rings is 1. The van der Waals surface area contributed by atoms with E-state index in [0.29, 0.717) is 18.9 Å². The molecule has 23 heavy (non-hydrogen) atoms. The zero-order valence-electron chi connectivity index (χ0n) is 13.9. The van der Waals surface area contributed by atoms with E-state index in [2.05, 4.69) is 31.1 Å². The van der Waals surface area contributed by atoms with E-state index in [1.165, 1.54) is 0 Å². The zero-order chi connectivity index (χ0) is 16.8. The number of carbonyl (C=O) groups is 2. The van der Waals surface area contributed by atoms with Crippen LogP contribution < -0.4 is 15.5 Å². The zero-order valence-corrected chi connectivity index (χ0v) is 13.9. The Hall–Kier alpha value is -2.30. The van der Waals surface area contributed by atoms with Crippen LogP contribution in [0.3, 0.4) is 0 Å². The molecule has 0 atom stereocenters. The predicted octanol–water partition coefficient (Wildman–Crippen LogP) is 3.32. The van der Waals surface area contributed by atoms with Crippen LogP contribution in [0.5, 0.6) is 0 Å². The Morgan fingerprint density at radius 1 is 1.39 bits per heavy atom. The highest BCUT2D eigenvalue weighted by Crippen LogP contribution is 2.30. The standard InChI is InChI=1S/C18H25N3O2/c1-4-10-19-18(23)20-15-6-7-16-14(12-15)5-8-17(22)21(16)11-9-13(2)3/h4,6-7,12-13H,1,5,8-11H2,2-3H3,(H2,19,20,23). The van der Waals surface area contributed by atoms with Crippen LogP contribution >= 0.6 is 0 Å². The average Bonchev–Trinajstić information content (AvgIpc) is 2.52. The summed E-state index contributed by atoms with van der Waals surface area (Å²) in [5, 5.41) is 5.48. The van der Waals surface area contributed by atoms with Crippen molar-refractivity contribution in [2.24, 2.45) is 5.92 Å². The summed E-state index contributed by atoms with van der Waals surface area (Å²) in [6.07, 6.45) is 3.85. The highest BCUT2D eigenvalue weighted by Gasteiger charge is 2.24. The molecule has 2 rings (SSSR count). The lowest BCUT2D eigenvalue weighted by Crippen LogP contribution is -2.36. The van der Waals surface area contributed by atoms with Gasteiger partial charge in [0.05, 0.1) is 0 Å². The third kappa shape index (κ3) is 4.58. The minimum absolute atomic E-state index is 0.183. The fraction of sp³-hybridized carbons (Fsp3) is 0.444. The normalized spacial score (nSPS) is 13.7. The van der Waals surface area contributed by atoms with Gasteiger partial charge in [0.1, 0.15) is 0 Å². The molecule has 2 N–H and O–H groups in total. The number of fused-ring (bicyclic) bond motifs is 1. The van der Waals surface area contributed by atoms with E-state index in [1.54, 1.807) is 6.08 Å². The molecule has 3 amide bonds. The van der Waals surface area contributed by atoms with Crippen molar-refractivity contribution in [1.29, 1.82) is 0 Å². The first kappa shape index (κ1) is 17.1. The first-order valence-corrected chi connectivity index (χ1v) is 8.10. The topological polar surface area (TPSA) is 61.4 Å². The molecule has 0 saturated heterocycles. The monoisotopic (exact) mass is 315 g/mol. The highest BCUT2D eigenvalue weighted by molar-refractivity contribution is 5.97. The second-order valence-electron chi connectivity index (χ2n) is 6.20. The van der Waals surface area contributed by atoms with Gasteiger partial charge in [-0.3, -0.25) is 4.79 Å². The summed E-state index contributed by atoms with van der Waals surface area (Å²) in [7, 11) is 0. The molecule has 1 aromatic rings. The fourth-order valence-electron chi connectivity index (χ4n) is 2.61. The fourth-order valence-corrected chi connectivity index (χ4v) is 2.61. The Labute approximate surface area is 137 Å². The number of nitrogens with zero attached hydrogens (tertiary/aromatic N) is 1. The molecule has 0 aromatic heterocycles. The van der Waals surface area contributed by atoms with Gasteiger partial charge in [-0.15, -0.1) is 6.58 Å². The van der Waals surface area contributed by atoms with Gasteiger partial charge in [0, 0.05) is 30.9 Å². The number of amides is 3. The number of carbonyl (C=O) groups excluding carboxylic acids is 2. The molecule has 0 spiro atoms. The van der Waals surface area contributed by atoms with Gasteiger partial charge in [0.15, 0.2) is 0 Å². The van der Waals surface area contributed by atoms with Crippen molar-refractivity contribution in [3.05, 3.63) is 36.4 Å². The van der Waals surface area contributed by atoms with Crippen LogP contribution in [-0.4, -0.2) is 25.0 Å². The summed E-state index contributed by atoms with van der Waals surface area (Å²) in [6.45, 7) is 9.05. The SMILES string of the molecule is C=CCNC(=O)Nc1ccc2c(c1)CCC(=O)N2CCC(C)C. The van der Waals surface area contributed by atoms with Crippen LogP contribution in [0.4, 0.5) is 16.2 Å². The summed E-state index contributed by atoms with van der Waals surface area (Å²) in [5.41, 5.74) is 2.82. The van der Waals surface area contributed by atoms with Gasteiger partial charge in [-0.05, 0) is 42.5 Å². The number of urea groups is 1. The second-order valence-corrected chi connectivity index (χ2v) is 6.20. The number of hydrogen-bond acceptors (Lipinski definition) is 2. The third-order valence-electron chi connectivity index (χ3n) is 3.87. The van der Waals surface area contributed by atoms with Crippen LogP contribution in [-0.2, 0) is 11.2 Å². The highest BCUT2D eigenvalue weighted by atomic mass is 16.2. The number of hydrogen-bond donors (Lipinski definition) is 2. The van der Waals surface area contributed by atoms with Crippen LogP contribution in [0.15, 0.2) is 30.9 Å². The van der Waals surface area contributed by atoms with Crippen LogP contribution in [0.1, 0.15) is 32.3 Å². The van der Waals surface area contributed by atoms with Crippen molar-refractivity contribution < 1.29 is 9.59 Å². The van der Waals surface area contributed by atoms with Gasteiger partial charge in [-0.25, -0.2) is 4.79 Å². The lowest BCUT2D eigenvalue weighted by atomic mass is 9.99. The van der Waals surface area contributed by atoms with E-state index in [1.807, 2.05) is 23.1 Å². The lowest BCUT2D eigenvalue weighted by molar-refractivity contribution is -0.118. The van der Waals surface area contributed by atoms with Gasteiger partial charge in [-0.2, -0.15) is 0 Å². The minimum atomic E-state index is -0.256. The smallest absolute Gasteiger partial charge is 0.319 e. The maximum absolute atomic E-state index is 12.2. The summed E-state index contributed by atoms with van der Waals surface area (Å²) in [5.74, 6) is 0.741. The molecule has 0 aliphatic carbocycles. The molecular weight excluding hydrogens is 290 g/mol. The van der Waals surface area contributed by atoms with E-state index < -0.39 is 0 Å². The van der Waals surface area contributed by atoms with Gasteiger partial charge < -0.3 is 15.5 Å². The number of aryl methyl sites for hydroxylation is 1. The van der Waals surface area contributed by atoms with Crippen LogP contribution in [0.2, 0.25) is 0 Å². The third-order valence-corrected chi connectivity index (χ3v) is 3.87. The van der Waals surface area contributed by atoms with Crippen molar-refractivity contribution in [3.63, 3.8) is 0 Å². The van der Waals surface area contributed by atoms with Crippen molar-refractivity contribution >= 4 is 23.3 Å². The molecule has 1 heterocycles. The summed E-state index contributed by atoms with van der Waals surface area (Å²) >= 11 is 0. The Bertz CT molecular complexity index is 596. The summed E-state index contributed by atoms with van der Waals surface area (Å²) in [6, 6.07) is 5.47. The van der Waals surface area contributed by atoms with Crippen molar-refractivity contribution in [1.82, 2.24) is 5.32 Å². The Morgan fingerprint density at radius 2 is 2.17 bits per heavy atom. The summed E-state index contributed by atoms with van der Waals surface area (Å²) < 4.78 is 0. The van der Waals surface area contributed by atoms with E-state index >= 15 is 0 Å². The Balaban J connectivity index is 2.11. The molecule has 0 saturated carbocycles. The van der Waals surface area contributed by atoms with Crippen LogP contribution in [0, 0.1) is 5.92 Å². The molecule has 0 bridgehead atoms. The molecule has 0 fully saturated rings. The summed E-state index contributed by atoms with van der Waals surface area (Å²) in [4.78, 5) is 25.8. The molecule has 1 aliphatic heterocycles. The van der Waals surface area contributed by atoms with E-state index in [-0.39, 0.29) is 11.9 Å². The molecular formula is C18H25N3O2. The first-order chi connectivity index (χ1) is 11.0. The minimum Gasteiger partial charge on any atom is -0.334 e. The van der Waals surface area contributed by atoms with Gasteiger partial charge in [0.2, 0.25) is 5.91 Å². The number of nitrogens with one attached hydrogen (secondary N) is 2. The van der Waals surface area contributed by atoms with Crippen molar-refractivity contribution in [2.45, 2.75) is 33.1 Å². The van der Waals surface area contributed by atoms with Crippen LogP contribution in [0.25, 0.3) is 0 Å². The van der Waals surface area contributed by atoms with Crippen molar-refractivity contribution in [3.8, 4) is 0 Å². The molecule has 1 aromatic carbocycles. The van der Waals surface area contributed by atoms with E-state index in [4.69, 9.17) is 0 Å². The number of anilines is 2. The van der Waals surface area contributed by atoms with Gasteiger partial charge in [-0.1, -0.05) is 19.9 Å². The van der Waals surface area contributed by atoms with E-state index in [9.17, 15) is 9.59 Å². The maximum atomic E-state index is 12.2. The Morgan fingerprint density at radius 3 is 2.87 bits per heavy atom.